The minimum absolute atomic E-state index is 0.0254. The molecule has 2 heteroatoms. The first-order valence-corrected chi connectivity index (χ1v) is 9.34. The molecule has 0 aromatic heterocycles. The van der Waals surface area contributed by atoms with Gasteiger partial charge in [0.15, 0.2) is 0 Å². The Balaban J connectivity index is 1.75. The van der Waals surface area contributed by atoms with Crippen LogP contribution in [-0.4, -0.2) is 17.0 Å². The zero-order chi connectivity index (χ0) is 15.8. The SMILES string of the molecule is CC(C=O)=C[C@H]1CC[C@]2(O)C[C@@H](C3CCCCC3)CC[C@]12C. The van der Waals surface area contributed by atoms with Gasteiger partial charge in [0, 0.05) is 5.41 Å². The molecule has 3 fully saturated rings. The molecule has 4 atom stereocenters. The molecule has 22 heavy (non-hydrogen) atoms. The summed E-state index contributed by atoms with van der Waals surface area (Å²) in [6.45, 7) is 4.16. The highest BCUT2D eigenvalue weighted by atomic mass is 16.3. The Bertz CT molecular complexity index is 449. The summed E-state index contributed by atoms with van der Waals surface area (Å²) in [6, 6.07) is 0. The van der Waals surface area contributed by atoms with Crippen LogP contribution in [0.4, 0.5) is 0 Å². The molecule has 0 bridgehead atoms. The van der Waals surface area contributed by atoms with Crippen LogP contribution in [0.1, 0.15) is 78.1 Å². The Morgan fingerprint density at radius 2 is 1.77 bits per heavy atom. The number of aldehydes is 1. The smallest absolute Gasteiger partial charge is 0.145 e. The van der Waals surface area contributed by atoms with Gasteiger partial charge >= 0.3 is 0 Å². The summed E-state index contributed by atoms with van der Waals surface area (Å²) in [7, 11) is 0. The highest BCUT2D eigenvalue weighted by molar-refractivity contribution is 5.72. The van der Waals surface area contributed by atoms with E-state index in [1.54, 1.807) is 0 Å². The third-order valence-electron chi connectivity index (χ3n) is 7.35. The molecule has 0 amide bonds. The Kier molecular flexibility index (Phi) is 4.51. The normalized spacial score (nSPS) is 43.9. The van der Waals surface area contributed by atoms with Crippen molar-refractivity contribution in [1.29, 1.82) is 0 Å². The number of carbonyl (C=O) groups is 1. The fourth-order valence-electron chi connectivity index (χ4n) is 5.75. The maximum atomic E-state index is 11.4. The largest absolute Gasteiger partial charge is 0.389 e. The quantitative estimate of drug-likeness (QED) is 0.608. The number of fused-ring (bicyclic) bond motifs is 1. The summed E-state index contributed by atoms with van der Waals surface area (Å²) in [4.78, 5) is 11.0. The van der Waals surface area contributed by atoms with Gasteiger partial charge in [-0.15, -0.1) is 0 Å². The minimum Gasteiger partial charge on any atom is -0.389 e. The molecule has 0 aromatic carbocycles. The van der Waals surface area contributed by atoms with E-state index in [0.29, 0.717) is 5.92 Å². The lowest BCUT2D eigenvalue weighted by atomic mass is 9.57. The monoisotopic (exact) mass is 304 g/mol. The minimum atomic E-state index is -0.502. The molecule has 124 valence electrons. The summed E-state index contributed by atoms with van der Waals surface area (Å²) >= 11 is 0. The topological polar surface area (TPSA) is 37.3 Å². The van der Waals surface area contributed by atoms with Crippen molar-refractivity contribution < 1.29 is 9.90 Å². The second-order valence-corrected chi connectivity index (χ2v) is 8.52. The van der Waals surface area contributed by atoms with E-state index in [1.165, 1.54) is 38.5 Å². The second-order valence-electron chi connectivity index (χ2n) is 8.52. The van der Waals surface area contributed by atoms with Crippen LogP contribution < -0.4 is 0 Å². The van der Waals surface area contributed by atoms with Crippen molar-refractivity contribution in [2.75, 3.05) is 0 Å². The molecule has 0 aliphatic heterocycles. The van der Waals surface area contributed by atoms with Crippen molar-refractivity contribution in [2.24, 2.45) is 23.2 Å². The average molecular weight is 304 g/mol. The van der Waals surface area contributed by atoms with Crippen molar-refractivity contribution >= 4 is 6.29 Å². The highest BCUT2D eigenvalue weighted by Crippen LogP contribution is 2.61. The number of hydrogen-bond acceptors (Lipinski definition) is 2. The summed E-state index contributed by atoms with van der Waals surface area (Å²) in [5, 5.41) is 11.4. The second kappa shape index (κ2) is 6.11. The molecule has 0 spiro atoms. The van der Waals surface area contributed by atoms with Gasteiger partial charge in [-0.05, 0) is 62.4 Å². The Morgan fingerprint density at radius 3 is 2.45 bits per heavy atom. The number of aliphatic hydroxyl groups is 1. The summed E-state index contributed by atoms with van der Waals surface area (Å²) in [5.74, 6) is 1.96. The van der Waals surface area contributed by atoms with E-state index >= 15 is 0 Å². The molecule has 0 radical (unpaired) electrons. The zero-order valence-corrected chi connectivity index (χ0v) is 14.3. The van der Waals surface area contributed by atoms with Gasteiger partial charge in [-0.1, -0.05) is 45.1 Å². The van der Waals surface area contributed by atoms with Crippen LogP contribution in [0.15, 0.2) is 11.6 Å². The van der Waals surface area contributed by atoms with Gasteiger partial charge in [-0.3, -0.25) is 4.79 Å². The van der Waals surface area contributed by atoms with Crippen LogP contribution in [0, 0.1) is 23.2 Å². The summed E-state index contributed by atoms with van der Waals surface area (Å²) in [5.41, 5.74) is 0.296. The van der Waals surface area contributed by atoms with Crippen molar-refractivity contribution in [2.45, 2.75) is 83.7 Å². The highest BCUT2D eigenvalue weighted by Gasteiger charge is 2.58. The lowest BCUT2D eigenvalue weighted by Crippen LogP contribution is -2.50. The van der Waals surface area contributed by atoms with E-state index in [0.717, 1.165) is 49.4 Å². The maximum absolute atomic E-state index is 11.4. The van der Waals surface area contributed by atoms with E-state index in [-0.39, 0.29) is 5.41 Å². The molecule has 3 aliphatic carbocycles. The third-order valence-corrected chi connectivity index (χ3v) is 7.35. The molecule has 0 aromatic rings. The van der Waals surface area contributed by atoms with Crippen LogP contribution in [0.3, 0.4) is 0 Å². The summed E-state index contributed by atoms with van der Waals surface area (Å²) < 4.78 is 0. The molecule has 3 rings (SSSR count). The number of carbonyl (C=O) groups excluding carboxylic acids is 1. The van der Waals surface area contributed by atoms with Gasteiger partial charge in [0.1, 0.15) is 6.29 Å². The van der Waals surface area contributed by atoms with Crippen LogP contribution >= 0.6 is 0 Å². The molecular formula is C20H32O2. The lowest BCUT2D eigenvalue weighted by molar-refractivity contribution is -0.118. The van der Waals surface area contributed by atoms with Crippen molar-refractivity contribution in [3.63, 3.8) is 0 Å². The molecule has 3 aliphatic rings. The first-order valence-electron chi connectivity index (χ1n) is 9.34. The van der Waals surface area contributed by atoms with E-state index in [9.17, 15) is 9.90 Å². The van der Waals surface area contributed by atoms with Crippen molar-refractivity contribution in [3.05, 3.63) is 11.6 Å². The van der Waals surface area contributed by atoms with Gasteiger partial charge in [0.2, 0.25) is 0 Å². The van der Waals surface area contributed by atoms with E-state index in [4.69, 9.17) is 0 Å². The third kappa shape index (κ3) is 2.68. The predicted molar refractivity (Wildman–Crippen MR) is 89.5 cm³/mol. The Labute approximate surface area is 135 Å². The predicted octanol–water partition coefficient (Wildman–Crippen LogP) is 4.66. The first-order chi connectivity index (χ1) is 10.5. The van der Waals surface area contributed by atoms with Gasteiger partial charge in [0.05, 0.1) is 5.60 Å². The standard InChI is InChI=1S/C20H32O2/c1-15(14-21)12-18-9-11-20(22)13-17(8-10-19(18,20)2)16-6-4-3-5-7-16/h12,14,16-18,22H,3-11,13H2,1-2H3/t17-,18+,19+,20-/m0/s1. The lowest BCUT2D eigenvalue weighted by Gasteiger charge is -2.51. The van der Waals surface area contributed by atoms with Crippen LogP contribution in [0.5, 0.6) is 0 Å². The van der Waals surface area contributed by atoms with Crippen LogP contribution in [0.25, 0.3) is 0 Å². The molecule has 0 heterocycles. The molecule has 0 saturated heterocycles. The van der Waals surface area contributed by atoms with Crippen LogP contribution in [0.2, 0.25) is 0 Å². The number of rotatable bonds is 3. The maximum Gasteiger partial charge on any atom is 0.145 e. The van der Waals surface area contributed by atoms with E-state index in [1.807, 2.05) is 6.92 Å². The molecular weight excluding hydrogens is 272 g/mol. The Morgan fingerprint density at radius 1 is 1.05 bits per heavy atom. The number of hydrogen-bond donors (Lipinski definition) is 1. The summed E-state index contributed by atoms with van der Waals surface area (Å²) in [6.07, 6.45) is 15.4. The van der Waals surface area contributed by atoms with Gasteiger partial charge in [-0.25, -0.2) is 0 Å². The molecule has 3 saturated carbocycles. The Hall–Kier alpha value is -0.630. The fraction of sp³-hybridized carbons (Fsp3) is 0.850. The zero-order valence-electron chi connectivity index (χ0n) is 14.3. The first kappa shape index (κ1) is 16.2. The average Bonchev–Trinajstić information content (AvgIpc) is 2.79. The van der Waals surface area contributed by atoms with E-state index < -0.39 is 5.60 Å². The number of allylic oxidation sites excluding steroid dienone is 2. The van der Waals surface area contributed by atoms with Crippen molar-refractivity contribution in [1.82, 2.24) is 0 Å². The molecule has 0 unspecified atom stereocenters. The van der Waals surface area contributed by atoms with Gasteiger partial charge in [-0.2, -0.15) is 0 Å². The van der Waals surface area contributed by atoms with Gasteiger partial charge < -0.3 is 5.11 Å². The van der Waals surface area contributed by atoms with Gasteiger partial charge in [0.25, 0.3) is 0 Å². The fourth-order valence-corrected chi connectivity index (χ4v) is 5.75. The van der Waals surface area contributed by atoms with Crippen molar-refractivity contribution in [3.8, 4) is 0 Å². The van der Waals surface area contributed by atoms with E-state index in [2.05, 4.69) is 13.0 Å². The van der Waals surface area contributed by atoms with Crippen LogP contribution in [-0.2, 0) is 4.79 Å². The molecule has 1 N–H and O–H groups in total. The molecule has 2 nitrogen and oxygen atoms in total.